The molecule has 0 radical (unpaired) electrons. The van der Waals surface area contributed by atoms with Crippen LogP contribution < -0.4 is 15.5 Å². The summed E-state index contributed by atoms with van der Waals surface area (Å²) < 4.78 is 11.0. The standard InChI is InChI=1S/C19H28ClN3O3/c1-12-16(19(2,3)17(12)25-4)22-18(24)21-14-11-13(20)5-6-15(14)23-7-9-26-10-8-23/h5-6,11-12,16-17H,7-10H2,1-4H3,(H2,21,22,24)/t12-,16+,17-/m1/s1. The monoisotopic (exact) mass is 381 g/mol. The Balaban J connectivity index is 1.70. The first kappa shape index (κ1) is 19.3. The van der Waals surface area contributed by atoms with Crippen LogP contribution in [-0.4, -0.2) is 51.6 Å². The first-order valence-electron chi connectivity index (χ1n) is 9.07. The predicted octanol–water partition coefficient (Wildman–Crippen LogP) is 3.36. The van der Waals surface area contributed by atoms with Gasteiger partial charge in [-0.25, -0.2) is 4.79 Å². The minimum atomic E-state index is -0.221. The van der Waals surface area contributed by atoms with Crippen molar-refractivity contribution in [2.75, 3.05) is 43.6 Å². The number of hydrogen-bond acceptors (Lipinski definition) is 4. The van der Waals surface area contributed by atoms with Gasteiger partial charge in [-0.05, 0) is 18.2 Å². The van der Waals surface area contributed by atoms with Crippen molar-refractivity contribution < 1.29 is 14.3 Å². The summed E-state index contributed by atoms with van der Waals surface area (Å²) in [5.74, 6) is 0.263. The van der Waals surface area contributed by atoms with Gasteiger partial charge in [-0.2, -0.15) is 0 Å². The topological polar surface area (TPSA) is 62.8 Å². The third-order valence-corrected chi connectivity index (χ3v) is 5.87. The van der Waals surface area contributed by atoms with Crippen LogP contribution in [0.5, 0.6) is 0 Å². The van der Waals surface area contributed by atoms with E-state index in [1.54, 1.807) is 13.2 Å². The zero-order valence-electron chi connectivity index (χ0n) is 15.8. The minimum absolute atomic E-state index is 0.0541. The predicted molar refractivity (Wildman–Crippen MR) is 104 cm³/mol. The molecule has 1 aromatic rings. The number of nitrogens with zero attached hydrogens (tertiary/aromatic N) is 1. The van der Waals surface area contributed by atoms with Crippen LogP contribution in [0.1, 0.15) is 20.8 Å². The Morgan fingerprint density at radius 1 is 1.35 bits per heavy atom. The van der Waals surface area contributed by atoms with Gasteiger partial charge in [0.1, 0.15) is 0 Å². The third-order valence-electron chi connectivity index (χ3n) is 5.64. The van der Waals surface area contributed by atoms with E-state index in [-0.39, 0.29) is 29.5 Å². The molecule has 7 heteroatoms. The van der Waals surface area contributed by atoms with E-state index >= 15 is 0 Å². The summed E-state index contributed by atoms with van der Waals surface area (Å²) in [4.78, 5) is 14.8. The lowest BCUT2D eigenvalue weighted by Crippen LogP contribution is -2.68. The highest BCUT2D eigenvalue weighted by Crippen LogP contribution is 2.47. The van der Waals surface area contributed by atoms with E-state index in [1.165, 1.54) is 0 Å². The van der Waals surface area contributed by atoms with E-state index in [0.29, 0.717) is 23.9 Å². The van der Waals surface area contributed by atoms with Gasteiger partial charge in [0, 0.05) is 42.6 Å². The summed E-state index contributed by atoms with van der Waals surface area (Å²) in [7, 11) is 1.72. The highest BCUT2D eigenvalue weighted by Gasteiger charge is 2.55. The maximum absolute atomic E-state index is 12.6. The highest BCUT2D eigenvalue weighted by molar-refractivity contribution is 6.31. The SMILES string of the molecule is CO[C@@H]1[C@H](C)[C@H](NC(=O)Nc2cc(Cl)ccc2N2CCOCC2)C1(C)C. The van der Waals surface area contributed by atoms with Crippen LogP contribution in [0.2, 0.25) is 5.02 Å². The Morgan fingerprint density at radius 3 is 2.65 bits per heavy atom. The molecule has 0 aromatic heterocycles. The van der Waals surface area contributed by atoms with Gasteiger partial charge >= 0.3 is 6.03 Å². The van der Waals surface area contributed by atoms with Crippen molar-refractivity contribution in [1.29, 1.82) is 0 Å². The average molecular weight is 382 g/mol. The molecule has 1 aliphatic carbocycles. The molecule has 2 fully saturated rings. The summed E-state index contributed by atoms with van der Waals surface area (Å²) in [5, 5.41) is 6.68. The Kier molecular flexibility index (Phi) is 5.65. The van der Waals surface area contributed by atoms with Gasteiger partial charge < -0.3 is 25.0 Å². The molecule has 6 nitrogen and oxygen atoms in total. The number of carbonyl (C=O) groups excluding carboxylic acids is 1. The molecule has 0 spiro atoms. The number of halogens is 1. The van der Waals surface area contributed by atoms with E-state index in [2.05, 4.69) is 36.3 Å². The third kappa shape index (κ3) is 3.63. The maximum Gasteiger partial charge on any atom is 0.319 e. The number of carbonyl (C=O) groups is 1. The van der Waals surface area contributed by atoms with Crippen molar-refractivity contribution in [1.82, 2.24) is 5.32 Å². The summed E-state index contributed by atoms with van der Waals surface area (Å²) in [6.45, 7) is 9.28. The fourth-order valence-electron chi connectivity index (χ4n) is 4.41. The van der Waals surface area contributed by atoms with Gasteiger partial charge in [-0.15, -0.1) is 0 Å². The molecule has 3 atom stereocenters. The van der Waals surface area contributed by atoms with Crippen LogP contribution in [0.3, 0.4) is 0 Å². The molecule has 1 aliphatic heterocycles. The smallest absolute Gasteiger partial charge is 0.319 e. The lowest BCUT2D eigenvalue weighted by Gasteiger charge is -2.56. The first-order valence-corrected chi connectivity index (χ1v) is 9.45. The second-order valence-electron chi connectivity index (χ2n) is 7.67. The quantitative estimate of drug-likeness (QED) is 0.839. The number of rotatable bonds is 4. The summed E-state index contributed by atoms with van der Waals surface area (Å²) in [6.07, 6.45) is 0.142. The Bertz CT molecular complexity index is 661. The maximum atomic E-state index is 12.6. The van der Waals surface area contributed by atoms with Gasteiger partial charge in [-0.1, -0.05) is 32.4 Å². The second-order valence-corrected chi connectivity index (χ2v) is 8.11. The lowest BCUT2D eigenvalue weighted by molar-refractivity contribution is -0.140. The van der Waals surface area contributed by atoms with Crippen molar-refractivity contribution >= 4 is 29.0 Å². The normalized spacial score (nSPS) is 27.6. The molecule has 144 valence electrons. The van der Waals surface area contributed by atoms with E-state index in [9.17, 15) is 4.79 Å². The molecule has 2 amide bonds. The fraction of sp³-hybridized carbons (Fsp3) is 0.632. The molecule has 1 saturated heterocycles. The molecule has 1 heterocycles. The highest BCUT2D eigenvalue weighted by atomic mass is 35.5. The van der Waals surface area contributed by atoms with Crippen molar-refractivity contribution in [3.8, 4) is 0 Å². The number of ether oxygens (including phenoxy) is 2. The van der Waals surface area contributed by atoms with Gasteiger partial charge in [-0.3, -0.25) is 0 Å². The number of hydrogen-bond donors (Lipinski definition) is 2. The molecule has 1 aromatic carbocycles. The molecule has 2 N–H and O–H groups in total. The van der Waals surface area contributed by atoms with Crippen LogP contribution in [0.4, 0.5) is 16.2 Å². The number of morpholine rings is 1. The summed E-state index contributed by atoms with van der Waals surface area (Å²) >= 11 is 6.16. The van der Waals surface area contributed by atoms with Crippen molar-refractivity contribution in [3.05, 3.63) is 23.2 Å². The Morgan fingerprint density at radius 2 is 2.04 bits per heavy atom. The molecule has 26 heavy (non-hydrogen) atoms. The van der Waals surface area contributed by atoms with Crippen LogP contribution in [0, 0.1) is 11.3 Å². The van der Waals surface area contributed by atoms with E-state index < -0.39 is 0 Å². The first-order chi connectivity index (χ1) is 12.3. The molecule has 0 bridgehead atoms. The van der Waals surface area contributed by atoms with E-state index in [0.717, 1.165) is 18.8 Å². The second kappa shape index (κ2) is 7.62. The average Bonchev–Trinajstić information content (AvgIpc) is 2.61. The van der Waals surface area contributed by atoms with Gasteiger partial charge in [0.25, 0.3) is 0 Å². The summed E-state index contributed by atoms with van der Waals surface area (Å²) in [5.41, 5.74) is 1.57. The number of anilines is 2. The van der Waals surface area contributed by atoms with Crippen LogP contribution in [-0.2, 0) is 9.47 Å². The molecule has 3 rings (SSSR count). The van der Waals surface area contributed by atoms with Crippen LogP contribution in [0.25, 0.3) is 0 Å². The largest absolute Gasteiger partial charge is 0.380 e. The number of urea groups is 1. The van der Waals surface area contributed by atoms with Crippen LogP contribution >= 0.6 is 11.6 Å². The van der Waals surface area contributed by atoms with Crippen molar-refractivity contribution in [2.45, 2.75) is 32.9 Å². The van der Waals surface area contributed by atoms with Crippen molar-refractivity contribution in [2.24, 2.45) is 11.3 Å². The zero-order valence-corrected chi connectivity index (χ0v) is 16.6. The molecule has 0 unspecified atom stereocenters. The molecule has 2 aliphatic rings. The number of amides is 2. The number of benzene rings is 1. The van der Waals surface area contributed by atoms with Gasteiger partial charge in [0.2, 0.25) is 0 Å². The van der Waals surface area contributed by atoms with E-state index in [1.807, 2.05) is 12.1 Å². The number of methoxy groups -OCH3 is 1. The van der Waals surface area contributed by atoms with Gasteiger partial charge in [0.15, 0.2) is 0 Å². The van der Waals surface area contributed by atoms with E-state index in [4.69, 9.17) is 21.1 Å². The van der Waals surface area contributed by atoms with Gasteiger partial charge in [0.05, 0.1) is 30.7 Å². The molecular weight excluding hydrogens is 354 g/mol. The summed E-state index contributed by atoms with van der Waals surface area (Å²) in [6, 6.07) is 5.41. The molecule has 1 saturated carbocycles. The number of nitrogens with one attached hydrogen (secondary N) is 2. The van der Waals surface area contributed by atoms with Crippen LogP contribution in [0.15, 0.2) is 18.2 Å². The zero-order chi connectivity index (χ0) is 18.9. The van der Waals surface area contributed by atoms with Crippen molar-refractivity contribution in [3.63, 3.8) is 0 Å². The Labute approximate surface area is 160 Å². The Hall–Kier alpha value is -1.50. The fourth-order valence-corrected chi connectivity index (χ4v) is 4.58. The molecular formula is C19H28ClN3O3. The lowest BCUT2D eigenvalue weighted by atomic mass is 9.58. The minimum Gasteiger partial charge on any atom is -0.380 e.